The number of esters is 1. The van der Waals surface area contributed by atoms with E-state index in [0.29, 0.717) is 25.4 Å². The van der Waals surface area contributed by atoms with Crippen molar-refractivity contribution in [3.05, 3.63) is 30.1 Å². The molecule has 2 fully saturated rings. The van der Waals surface area contributed by atoms with Gasteiger partial charge in [0.1, 0.15) is 5.69 Å². The van der Waals surface area contributed by atoms with E-state index in [2.05, 4.69) is 28.9 Å². The number of pyridine rings is 1. The number of carbonyl (C=O) groups excluding carboxylic acids is 2. The normalized spacial score (nSPS) is 25.4. The van der Waals surface area contributed by atoms with E-state index in [1.54, 1.807) is 12.3 Å². The van der Waals surface area contributed by atoms with E-state index in [1.165, 1.54) is 0 Å². The van der Waals surface area contributed by atoms with Crippen LogP contribution in [0.4, 0.5) is 0 Å². The van der Waals surface area contributed by atoms with Gasteiger partial charge in [0.15, 0.2) is 0 Å². The van der Waals surface area contributed by atoms with Crippen LogP contribution in [0.15, 0.2) is 24.4 Å². The van der Waals surface area contributed by atoms with Crippen LogP contribution in [-0.4, -0.2) is 91.5 Å². The molecule has 3 rings (SSSR count). The van der Waals surface area contributed by atoms with Crippen LogP contribution >= 0.6 is 0 Å². The van der Waals surface area contributed by atoms with Crippen molar-refractivity contribution in [2.24, 2.45) is 11.3 Å². The Morgan fingerprint density at radius 1 is 1.32 bits per heavy atom. The van der Waals surface area contributed by atoms with E-state index in [-0.39, 0.29) is 17.8 Å². The van der Waals surface area contributed by atoms with Crippen molar-refractivity contribution >= 4 is 11.9 Å². The van der Waals surface area contributed by atoms with Crippen molar-refractivity contribution in [2.75, 3.05) is 60.0 Å². The summed E-state index contributed by atoms with van der Waals surface area (Å²) in [4.78, 5) is 36.6. The molecular weight excluding hydrogens is 356 g/mol. The molecule has 7 heteroatoms. The first-order chi connectivity index (χ1) is 13.5. The highest BCUT2D eigenvalue weighted by Crippen LogP contribution is 2.43. The maximum absolute atomic E-state index is 13.0. The molecule has 2 saturated heterocycles. The molecule has 28 heavy (non-hydrogen) atoms. The summed E-state index contributed by atoms with van der Waals surface area (Å²) in [6.07, 6.45) is 3.21. The van der Waals surface area contributed by atoms with Gasteiger partial charge in [-0.1, -0.05) is 6.07 Å². The van der Waals surface area contributed by atoms with E-state index in [9.17, 15) is 9.59 Å². The van der Waals surface area contributed by atoms with Crippen molar-refractivity contribution in [1.82, 2.24) is 19.7 Å². The van der Waals surface area contributed by atoms with Crippen LogP contribution in [0, 0.1) is 11.3 Å². The Morgan fingerprint density at radius 2 is 2.14 bits per heavy atom. The van der Waals surface area contributed by atoms with Crippen LogP contribution < -0.4 is 0 Å². The minimum atomic E-state index is -0.512. The van der Waals surface area contributed by atoms with Gasteiger partial charge in [0, 0.05) is 51.4 Å². The number of fused-ring (bicyclic) bond motifs is 1. The monoisotopic (exact) mass is 388 g/mol. The molecule has 0 saturated carbocycles. The number of likely N-dealkylation sites (tertiary alicyclic amines) is 2. The van der Waals surface area contributed by atoms with Gasteiger partial charge in [0.2, 0.25) is 0 Å². The fourth-order valence-corrected chi connectivity index (χ4v) is 4.49. The second-order valence-corrected chi connectivity index (χ2v) is 8.18. The molecule has 7 nitrogen and oxygen atoms in total. The molecule has 2 aliphatic rings. The van der Waals surface area contributed by atoms with Gasteiger partial charge in [0.05, 0.1) is 12.0 Å². The van der Waals surface area contributed by atoms with Crippen LogP contribution in [0.2, 0.25) is 0 Å². The summed E-state index contributed by atoms with van der Waals surface area (Å²) in [6.45, 7) is 6.88. The Kier molecular flexibility index (Phi) is 6.67. The van der Waals surface area contributed by atoms with Crippen molar-refractivity contribution in [2.45, 2.75) is 19.8 Å². The Balaban J connectivity index is 1.80. The molecule has 0 N–H and O–H groups in total. The largest absolute Gasteiger partial charge is 0.466 e. The Bertz CT molecular complexity index is 681. The molecule has 2 atom stereocenters. The number of likely N-dealkylation sites (N-methyl/N-ethyl adjacent to an activating group) is 1. The first-order valence-corrected chi connectivity index (χ1v) is 10.2. The summed E-state index contributed by atoms with van der Waals surface area (Å²) in [5.41, 5.74) is -0.0461. The Hall–Kier alpha value is -1.99. The number of carbonyl (C=O) groups is 2. The van der Waals surface area contributed by atoms with E-state index in [1.807, 2.05) is 24.0 Å². The zero-order valence-corrected chi connectivity index (χ0v) is 17.3. The lowest BCUT2D eigenvalue weighted by Crippen LogP contribution is -2.43. The lowest BCUT2D eigenvalue weighted by Gasteiger charge is -2.31. The molecule has 2 aliphatic heterocycles. The fourth-order valence-electron chi connectivity index (χ4n) is 4.49. The summed E-state index contributed by atoms with van der Waals surface area (Å²) < 4.78 is 5.50. The van der Waals surface area contributed by atoms with Gasteiger partial charge >= 0.3 is 5.97 Å². The number of nitrogens with zero attached hydrogens (tertiary/aromatic N) is 4. The van der Waals surface area contributed by atoms with Gasteiger partial charge in [-0.2, -0.15) is 0 Å². The molecule has 0 aliphatic carbocycles. The average molecular weight is 389 g/mol. The number of aromatic nitrogens is 1. The predicted molar refractivity (Wildman–Crippen MR) is 107 cm³/mol. The molecular formula is C21H32N4O3. The van der Waals surface area contributed by atoms with Crippen LogP contribution in [0.25, 0.3) is 0 Å². The quantitative estimate of drug-likeness (QED) is 0.686. The highest BCUT2D eigenvalue weighted by Gasteiger charge is 2.54. The van der Waals surface area contributed by atoms with E-state index in [4.69, 9.17) is 4.74 Å². The van der Waals surface area contributed by atoms with Gasteiger partial charge in [0.25, 0.3) is 5.91 Å². The van der Waals surface area contributed by atoms with Gasteiger partial charge in [-0.05, 0) is 46.0 Å². The van der Waals surface area contributed by atoms with Gasteiger partial charge < -0.3 is 19.4 Å². The highest BCUT2D eigenvalue weighted by molar-refractivity contribution is 5.92. The van der Waals surface area contributed by atoms with Crippen molar-refractivity contribution in [1.29, 1.82) is 0 Å². The topological polar surface area (TPSA) is 66.0 Å². The van der Waals surface area contributed by atoms with E-state index >= 15 is 0 Å². The van der Waals surface area contributed by atoms with E-state index in [0.717, 1.165) is 39.0 Å². The SMILES string of the molecule is CCOC(=O)[C@]12CCCN(C(=O)c3ccccn3)C[C@H]1CN(CCN(C)C)C2. The molecule has 154 valence electrons. The molecule has 0 unspecified atom stereocenters. The minimum absolute atomic E-state index is 0.0491. The number of rotatable bonds is 6. The molecule has 1 amide bonds. The summed E-state index contributed by atoms with van der Waals surface area (Å²) in [7, 11) is 4.12. The number of amides is 1. The average Bonchev–Trinajstić information content (AvgIpc) is 2.94. The Morgan fingerprint density at radius 3 is 2.82 bits per heavy atom. The molecule has 1 aromatic rings. The second-order valence-electron chi connectivity index (χ2n) is 8.18. The molecule has 1 aromatic heterocycles. The summed E-state index contributed by atoms with van der Waals surface area (Å²) in [5.74, 6) is -0.0598. The maximum Gasteiger partial charge on any atom is 0.313 e. The third-order valence-electron chi connectivity index (χ3n) is 5.97. The molecule has 0 spiro atoms. The molecule has 0 bridgehead atoms. The lowest BCUT2D eigenvalue weighted by atomic mass is 9.75. The third kappa shape index (κ3) is 4.36. The van der Waals surface area contributed by atoms with Crippen molar-refractivity contribution < 1.29 is 14.3 Å². The zero-order chi connectivity index (χ0) is 20.1. The van der Waals surface area contributed by atoms with Gasteiger partial charge in [-0.3, -0.25) is 14.6 Å². The first-order valence-electron chi connectivity index (χ1n) is 10.2. The Labute approximate surface area is 167 Å². The van der Waals surface area contributed by atoms with Crippen molar-refractivity contribution in [3.63, 3.8) is 0 Å². The van der Waals surface area contributed by atoms with Gasteiger partial charge in [-0.25, -0.2) is 0 Å². The summed E-state index contributed by atoms with van der Waals surface area (Å²) in [5, 5.41) is 0. The molecule has 0 radical (unpaired) electrons. The number of hydrogen-bond acceptors (Lipinski definition) is 6. The molecule has 0 aromatic carbocycles. The van der Waals surface area contributed by atoms with Crippen molar-refractivity contribution in [3.8, 4) is 0 Å². The smallest absolute Gasteiger partial charge is 0.313 e. The highest BCUT2D eigenvalue weighted by atomic mass is 16.5. The summed E-state index contributed by atoms with van der Waals surface area (Å²) >= 11 is 0. The van der Waals surface area contributed by atoms with Crippen LogP contribution in [0.1, 0.15) is 30.3 Å². The minimum Gasteiger partial charge on any atom is -0.466 e. The second kappa shape index (κ2) is 9.01. The van der Waals surface area contributed by atoms with Crippen LogP contribution in [-0.2, 0) is 9.53 Å². The molecule has 3 heterocycles. The fraction of sp³-hybridized carbons (Fsp3) is 0.667. The summed E-state index contributed by atoms with van der Waals surface area (Å²) in [6, 6.07) is 5.40. The van der Waals surface area contributed by atoms with Gasteiger partial charge in [-0.15, -0.1) is 0 Å². The maximum atomic E-state index is 13.0. The zero-order valence-electron chi connectivity index (χ0n) is 17.3. The number of ether oxygens (including phenoxy) is 1. The number of hydrogen-bond donors (Lipinski definition) is 0. The third-order valence-corrected chi connectivity index (χ3v) is 5.97. The van der Waals surface area contributed by atoms with Crippen LogP contribution in [0.5, 0.6) is 0 Å². The standard InChI is InChI=1S/C21H32N4O3/c1-4-28-20(27)21-9-7-11-25(19(26)18-8-5-6-10-22-18)15-17(21)14-24(16-21)13-12-23(2)3/h5-6,8,10,17H,4,7,9,11-16H2,1-3H3/t17-,21+/m1/s1. The predicted octanol–water partition coefficient (Wildman–Crippen LogP) is 1.36. The lowest BCUT2D eigenvalue weighted by molar-refractivity contribution is -0.157. The van der Waals surface area contributed by atoms with E-state index < -0.39 is 5.41 Å². The first kappa shape index (κ1) is 20.7. The van der Waals surface area contributed by atoms with Crippen LogP contribution in [0.3, 0.4) is 0 Å².